The van der Waals surface area contributed by atoms with Crippen molar-refractivity contribution in [3.8, 4) is 11.5 Å². The quantitative estimate of drug-likeness (QED) is 0.106. The van der Waals surface area contributed by atoms with Gasteiger partial charge in [0.05, 0.1) is 11.5 Å². The van der Waals surface area contributed by atoms with Crippen LogP contribution in [0, 0.1) is 11.7 Å². The van der Waals surface area contributed by atoms with Crippen LogP contribution in [-0.4, -0.2) is 66.8 Å². The molecule has 0 spiro atoms. The van der Waals surface area contributed by atoms with Crippen molar-refractivity contribution in [3.63, 3.8) is 0 Å². The Hall–Kier alpha value is -3.45. The molecular formula is C34H45FN4O5S2. The highest BCUT2D eigenvalue weighted by Crippen LogP contribution is 2.31. The summed E-state index contributed by atoms with van der Waals surface area (Å²) in [6, 6.07) is 17.8. The number of thiocarbonyl (C=S) groups is 1. The Morgan fingerprint density at radius 3 is 2.28 bits per heavy atom. The third-order valence-corrected chi connectivity index (χ3v) is 10.2. The normalized spacial score (nSPS) is 13.5. The Morgan fingerprint density at radius 2 is 1.61 bits per heavy atom. The first-order valence-corrected chi connectivity index (χ1v) is 17.6. The van der Waals surface area contributed by atoms with Crippen LogP contribution in [0.5, 0.6) is 11.5 Å². The fourth-order valence-electron chi connectivity index (χ4n) is 5.21. The second-order valence-corrected chi connectivity index (χ2v) is 14.2. The molecule has 9 nitrogen and oxygen atoms in total. The van der Waals surface area contributed by atoms with Crippen molar-refractivity contribution < 1.29 is 27.4 Å². The molecule has 1 aliphatic heterocycles. The zero-order chi connectivity index (χ0) is 33.1. The van der Waals surface area contributed by atoms with E-state index in [0.717, 1.165) is 11.1 Å². The van der Waals surface area contributed by atoms with E-state index in [0.29, 0.717) is 93.3 Å². The molecule has 4 N–H and O–H groups in total. The lowest BCUT2D eigenvalue weighted by Gasteiger charge is -2.30. The number of nitrogens with two attached hydrogens (primary N) is 1. The molecule has 0 aliphatic carbocycles. The second kappa shape index (κ2) is 16.9. The maximum absolute atomic E-state index is 13.6. The molecule has 1 atom stereocenters. The largest absolute Gasteiger partial charge is 0.486 e. The van der Waals surface area contributed by atoms with Gasteiger partial charge < -0.3 is 30.5 Å². The number of nitrogen functional groups attached to an aromatic ring is 1. The minimum absolute atomic E-state index is 0.162. The molecule has 250 valence electrons. The van der Waals surface area contributed by atoms with Crippen LogP contribution >= 0.6 is 12.2 Å². The molecular weight excluding hydrogens is 628 g/mol. The lowest BCUT2D eigenvalue weighted by Crippen LogP contribution is -2.43. The number of unbranched alkanes of at least 4 members (excludes halogenated alkanes) is 1. The predicted molar refractivity (Wildman–Crippen MR) is 183 cm³/mol. The molecule has 0 bridgehead atoms. The maximum atomic E-state index is 13.6. The number of anilines is 1. The van der Waals surface area contributed by atoms with E-state index in [4.69, 9.17) is 27.4 Å². The van der Waals surface area contributed by atoms with Crippen molar-refractivity contribution in [2.45, 2.75) is 63.6 Å². The van der Waals surface area contributed by atoms with Crippen LogP contribution in [-0.2, 0) is 23.1 Å². The molecule has 0 saturated heterocycles. The minimum Gasteiger partial charge on any atom is -0.486 e. The van der Waals surface area contributed by atoms with Crippen molar-refractivity contribution in [2.75, 3.05) is 38.6 Å². The number of nitrogens with one attached hydrogen (secondary N) is 1. The van der Waals surface area contributed by atoms with Crippen LogP contribution in [0.25, 0.3) is 0 Å². The molecule has 1 aliphatic rings. The Labute approximate surface area is 277 Å². The highest BCUT2D eigenvalue weighted by atomic mass is 32.2. The van der Waals surface area contributed by atoms with Gasteiger partial charge in [0.15, 0.2) is 16.6 Å². The number of hydrogen-bond donors (Lipinski definition) is 3. The van der Waals surface area contributed by atoms with Gasteiger partial charge in [-0.15, -0.1) is 0 Å². The summed E-state index contributed by atoms with van der Waals surface area (Å²) < 4.78 is 53.6. The number of nitrogens with zero attached hydrogens (tertiary/aromatic N) is 2. The third kappa shape index (κ3) is 10.0. The molecule has 0 fully saturated rings. The van der Waals surface area contributed by atoms with Crippen LogP contribution < -0.4 is 20.5 Å². The van der Waals surface area contributed by atoms with Crippen molar-refractivity contribution in [2.24, 2.45) is 5.92 Å². The summed E-state index contributed by atoms with van der Waals surface area (Å²) in [4.78, 5) is 2.17. The van der Waals surface area contributed by atoms with Gasteiger partial charge >= 0.3 is 0 Å². The topological polar surface area (TPSA) is 117 Å². The predicted octanol–water partition coefficient (Wildman–Crippen LogP) is 5.32. The van der Waals surface area contributed by atoms with Gasteiger partial charge in [-0.1, -0.05) is 38.5 Å². The van der Waals surface area contributed by atoms with Crippen molar-refractivity contribution in [3.05, 3.63) is 83.7 Å². The van der Waals surface area contributed by atoms with E-state index in [1.165, 1.54) is 28.6 Å². The number of aliphatic hydroxyl groups is 1. The Morgan fingerprint density at radius 1 is 0.957 bits per heavy atom. The fraction of sp³-hybridized carbons (Fsp3) is 0.441. The molecule has 3 aromatic carbocycles. The number of aliphatic hydroxyl groups excluding tert-OH is 1. The van der Waals surface area contributed by atoms with Gasteiger partial charge in [-0.05, 0) is 97.1 Å². The fourth-order valence-corrected chi connectivity index (χ4v) is 7.11. The SMILES string of the molecule is CC(C)CCN([C@H](CO)CCCCNC(=S)N(Cc1ccc(F)cc1)Cc1ccc2c(c1)OCCO2)S(=O)(=O)c1ccc(N)cc1. The van der Waals surface area contributed by atoms with Crippen molar-refractivity contribution in [1.82, 2.24) is 14.5 Å². The zero-order valence-corrected chi connectivity index (χ0v) is 28.2. The summed E-state index contributed by atoms with van der Waals surface area (Å²) in [6.07, 6.45) is 2.56. The number of ether oxygens (including phenoxy) is 2. The average molecular weight is 673 g/mol. The van der Waals surface area contributed by atoms with Gasteiger partial charge in [0.25, 0.3) is 0 Å². The molecule has 0 saturated carbocycles. The minimum atomic E-state index is -3.83. The molecule has 0 radical (unpaired) electrons. The first-order valence-electron chi connectivity index (χ1n) is 15.7. The van der Waals surface area contributed by atoms with Crippen LogP contribution in [0.1, 0.15) is 50.7 Å². The molecule has 0 aromatic heterocycles. The lowest BCUT2D eigenvalue weighted by atomic mass is 10.1. The van der Waals surface area contributed by atoms with Crippen molar-refractivity contribution in [1.29, 1.82) is 0 Å². The van der Waals surface area contributed by atoms with Crippen molar-refractivity contribution >= 4 is 33.0 Å². The zero-order valence-electron chi connectivity index (χ0n) is 26.5. The maximum Gasteiger partial charge on any atom is 0.243 e. The standard InChI is InChI=1S/C34H45FN4O5S2/c1-25(2)16-18-39(46(41,42)31-13-11-29(36)12-14-31)30(24-40)5-3-4-17-37-34(45)38(22-26-6-9-28(35)10-7-26)23-27-8-15-32-33(21-27)44-20-19-43-32/h6-15,21,25,30,40H,3-5,16-20,22-24,36H2,1-2H3,(H,37,45)/t30-/m0/s1. The van der Waals surface area contributed by atoms with E-state index in [2.05, 4.69) is 5.32 Å². The van der Waals surface area contributed by atoms with Gasteiger partial charge in [-0.2, -0.15) is 4.31 Å². The van der Waals surface area contributed by atoms with E-state index < -0.39 is 16.1 Å². The Balaban J connectivity index is 1.37. The van der Waals surface area contributed by atoms with Gasteiger partial charge in [-0.25, -0.2) is 12.8 Å². The average Bonchev–Trinajstić information content (AvgIpc) is 3.04. The summed E-state index contributed by atoms with van der Waals surface area (Å²) in [6.45, 7) is 6.68. The van der Waals surface area contributed by atoms with Gasteiger partial charge in [0.1, 0.15) is 19.0 Å². The summed E-state index contributed by atoms with van der Waals surface area (Å²) in [5, 5.41) is 14.2. The molecule has 4 rings (SSSR count). The molecule has 0 unspecified atom stereocenters. The van der Waals surface area contributed by atoms with E-state index >= 15 is 0 Å². The summed E-state index contributed by atoms with van der Waals surface area (Å²) in [5.41, 5.74) is 8.17. The highest BCUT2D eigenvalue weighted by molar-refractivity contribution is 7.89. The first-order chi connectivity index (χ1) is 22.1. The highest BCUT2D eigenvalue weighted by Gasteiger charge is 2.31. The summed E-state index contributed by atoms with van der Waals surface area (Å²) in [7, 11) is -3.83. The molecule has 0 amide bonds. The number of halogens is 1. The van der Waals surface area contributed by atoms with Gasteiger partial charge in [-0.3, -0.25) is 0 Å². The monoisotopic (exact) mass is 672 g/mol. The molecule has 46 heavy (non-hydrogen) atoms. The number of hydrogen-bond acceptors (Lipinski definition) is 7. The number of sulfonamides is 1. The van der Waals surface area contributed by atoms with Crippen LogP contribution in [0.2, 0.25) is 0 Å². The second-order valence-electron chi connectivity index (χ2n) is 11.9. The number of rotatable bonds is 16. The van der Waals surface area contributed by atoms with E-state index in [1.54, 1.807) is 24.3 Å². The van der Waals surface area contributed by atoms with Crippen LogP contribution in [0.3, 0.4) is 0 Å². The van der Waals surface area contributed by atoms with Gasteiger partial charge in [0.2, 0.25) is 10.0 Å². The molecule has 1 heterocycles. The number of benzene rings is 3. The Bertz CT molecular complexity index is 1520. The smallest absolute Gasteiger partial charge is 0.243 e. The summed E-state index contributed by atoms with van der Waals surface area (Å²) >= 11 is 5.81. The molecule has 3 aromatic rings. The Kier molecular flexibility index (Phi) is 13.0. The molecule has 12 heteroatoms. The lowest BCUT2D eigenvalue weighted by molar-refractivity contribution is 0.171. The van der Waals surface area contributed by atoms with E-state index in [9.17, 15) is 17.9 Å². The summed E-state index contributed by atoms with van der Waals surface area (Å²) in [5.74, 6) is 1.41. The number of fused-ring (bicyclic) bond motifs is 1. The van der Waals surface area contributed by atoms with Gasteiger partial charge in [0, 0.05) is 37.9 Å². The van der Waals surface area contributed by atoms with Crippen LogP contribution in [0.15, 0.2) is 71.6 Å². The third-order valence-electron chi connectivity index (χ3n) is 7.83. The van der Waals surface area contributed by atoms with E-state index in [-0.39, 0.29) is 17.3 Å². The van der Waals surface area contributed by atoms with Crippen LogP contribution in [0.4, 0.5) is 10.1 Å². The van der Waals surface area contributed by atoms with E-state index in [1.807, 2.05) is 36.9 Å². The first kappa shape index (κ1) is 35.4.